The minimum absolute atomic E-state index is 0.431. The van der Waals surface area contributed by atoms with Gasteiger partial charge in [-0.2, -0.15) is 17.6 Å². The van der Waals surface area contributed by atoms with Crippen LogP contribution in [-0.4, -0.2) is 60.1 Å². The summed E-state index contributed by atoms with van der Waals surface area (Å²) in [6.07, 6.45) is 13.7. The van der Waals surface area contributed by atoms with Crippen LogP contribution in [-0.2, 0) is 38.1 Å². The largest absolute Gasteiger partial charge is 0.457 e. The van der Waals surface area contributed by atoms with Gasteiger partial charge in [-0.05, 0) is 70.6 Å². The number of carbonyl (C=O) groups excluding carboxylic acids is 4. The predicted octanol–water partition coefficient (Wildman–Crippen LogP) is 6.85. The zero-order valence-electron chi connectivity index (χ0n) is 24.8. The second kappa shape index (κ2) is 16.9. The third kappa shape index (κ3) is 13.9. The Hall–Kier alpha value is -2.40. The highest BCUT2D eigenvalue weighted by molar-refractivity contribution is 5.81. The van der Waals surface area contributed by atoms with E-state index in [-0.39, 0.29) is 0 Å². The van der Waals surface area contributed by atoms with Crippen molar-refractivity contribution in [1.82, 2.24) is 0 Å². The SMILES string of the molecule is CCCC1(OC(=O)COC(=O)C(C)(F)F)CCCCC1.CCCCC1(OC(=O)COC(=O)C(C)(F)F)CCCCC1. The highest BCUT2D eigenvalue weighted by Crippen LogP contribution is 2.37. The van der Waals surface area contributed by atoms with Crippen molar-refractivity contribution in [1.29, 1.82) is 0 Å². The van der Waals surface area contributed by atoms with Crippen LogP contribution in [0.25, 0.3) is 0 Å². The normalized spacial score (nSPS) is 18.2. The Morgan fingerprint density at radius 1 is 0.610 bits per heavy atom. The number of hydrogen-bond acceptors (Lipinski definition) is 8. The molecular formula is C29H46F4O8. The number of hydrogen-bond donors (Lipinski definition) is 0. The van der Waals surface area contributed by atoms with Crippen LogP contribution in [0.3, 0.4) is 0 Å². The molecule has 0 saturated heterocycles. The number of halogens is 4. The summed E-state index contributed by atoms with van der Waals surface area (Å²) < 4.78 is 69.9. The van der Waals surface area contributed by atoms with Crippen molar-refractivity contribution in [3.63, 3.8) is 0 Å². The molecule has 0 atom stereocenters. The summed E-state index contributed by atoms with van der Waals surface area (Å²) in [4.78, 5) is 45.3. The maximum absolute atomic E-state index is 12.6. The van der Waals surface area contributed by atoms with E-state index in [0.29, 0.717) is 13.8 Å². The third-order valence-corrected chi connectivity index (χ3v) is 7.24. The summed E-state index contributed by atoms with van der Waals surface area (Å²) in [5.74, 6) is -12.1. The summed E-state index contributed by atoms with van der Waals surface area (Å²) >= 11 is 0. The summed E-state index contributed by atoms with van der Waals surface area (Å²) in [7, 11) is 0. The molecule has 0 amide bonds. The van der Waals surface area contributed by atoms with Crippen molar-refractivity contribution in [2.24, 2.45) is 0 Å². The van der Waals surface area contributed by atoms with Crippen LogP contribution in [0.1, 0.15) is 124 Å². The second-order valence-electron chi connectivity index (χ2n) is 11.2. The standard InChI is InChI=1S/C15H24F2O4.C14H22F2O4/c1-3-4-8-15(9-6-5-7-10-15)21-12(18)11-20-13(19)14(2,16)17;1-3-7-14(8-5-4-6-9-14)20-11(17)10-19-12(18)13(2,15)16/h3-11H2,1-2H3;3-10H2,1-2H3. The van der Waals surface area contributed by atoms with E-state index in [1.807, 2.05) is 6.92 Å². The Labute approximate surface area is 240 Å². The van der Waals surface area contributed by atoms with Gasteiger partial charge in [0, 0.05) is 13.8 Å². The molecule has 0 unspecified atom stereocenters. The molecule has 0 N–H and O–H groups in total. The number of rotatable bonds is 13. The Bertz CT molecular complexity index is 833. The highest BCUT2D eigenvalue weighted by atomic mass is 19.3. The van der Waals surface area contributed by atoms with Crippen molar-refractivity contribution in [2.45, 2.75) is 147 Å². The topological polar surface area (TPSA) is 105 Å². The lowest BCUT2D eigenvalue weighted by Crippen LogP contribution is -2.39. The van der Waals surface area contributed by atoms with Crippen molar-refractivity contribution < 1.29 is 55.7 Å². The predicted molar refractivity (Wildman–Crippen MR) is 141 cm³/mol. The van der Waals surface area contributed by atoms with Crippen LogP contribution in [0.5, 0.6) is 0 Å². The van der Waals surface area contributed by atoms with E-state index in [9.17, 15) is 36.7 Å². The molecule has 8 nitrogen and oxygen atoms in total. The molecule has 0 aromatic carbocycles. The molecule has 2 rings (SSSR count). The molecule has 2 fully saturated rings. The molecule has 238 valence electrons. The number of unbranched alkanes of at least 4 members (excludes halogenated alkanes) is 1. The van der Waals surface area contributed by atoms with E-state index < -0.39 is 60.1 Å². The molecule has 0 heterocycles. The highest BCUT2D eigenvalue weighted by Gasteiger charge is 2.39. The van der Waals surface area contributed by atoms with Crippen molar-refractivity contribution in [3.8, 4) is 0 Å². The molecule has 2 saturated carbocycles. The smallest absolute Gasteiger partial charge is 0.377 e. The van der Waals surface area contributed by atoms with Crippen LogP contribution >= 0.6 is 0 Å². The van der Waals surface area contributed by atoms with E-state index in [0.717, 1.165) is 96.3 Å². The molecular weight excluding hydrogens is 552 g/mol. The number of ether oxygens (including phenoxy) is 4. The Balaban J connectivity index is 0.000000410. The number of alkyl halides is 4. The number of esters is 4. The second-order valence-corrected chi connectivity index (χ2v) is 11.2. The molecule has 0 bridgehead atoms. The summed E-state index contributed by atoms with van der Waals surface area (Å²) in [6.45, 7) is 3.42. The lowest BCUT2D eigenvalue weighted by Gasteiger charge is -2.36. The molecule has 0 aliphatic heterocycles. The summed E-state index contributed by atoms with van der Waals surface area (Å²) in [6, 6.07) is 0. The van der Waals surface area contributed by atoms with Crippen molar-refractivity contribution >= 4 is 23.9 Å². The average Bonchev–Trinajstić information content (AvgIpc) is 2.89. The van der Waals surface area contributed by atoms with E-state index in [1.165, 1.54) is 0 Å². The molecule has 0 aromatic rings. The van der Waals surface area contributed by atoms with Gasteiger partial charge in [0.25, 0.3) is 0 Å². The first-order chi connectivity index (χ1) is 19.1. The van der Waals surface area contributed by atoms with E-state index >= 15 is 0 Å². The summed E-state index contributed by atoms with van der Waals surface area (Å²) in [5.41, 5.74) is -1.02. The van der Waals surface area contributed by atoms with Crippen molar-refractivity contribution in [3.05, 3.63) is 0 Å². The van der Waals surface area contributed by atoms with Crippen LogP contribution in [0.15, 0.2) is 0 Å². The molecule has 41 heavy (non-hydrogen) atoms. The van der Waals surface area contributed by atoms with Gasteiger partial charge in [-0.1, -0.05) is 39.5 Å². The van der Waals surface area contributed by atoms with Crippen molar-refractivity contribution in [2.75, 3.05) is 13.2 Å². The minimum Gasteiger partial charge on any atom is -0.457 e. The summed E-state index contributed by atoms with van der Waals surface area (Å²) in [5, 5.41) is 0. The van der Waals surface area contributed by atoms with Crippen LogP contribution in [0, 0.1) is 0 Å². The van der Waals surface area contributed by atoms with Gasteiger partial charge < -0.3 is 18.9 Å². The lowest BCUT2D eigenvalue weighted by molar-refractivity contribution is -0.183. The fourth-order valence-corrected chi connectivity index (χ4v) is 5.20. The minimum atomic E-state index is -3.59. The van der Waals surface area contributed by atoms with Gasteiger partial charge >= 0.3 is 35.7 Å². The number of carbonyl (C=O) groups is 4. The van der Waals surface area contributed by atoms with Crippen LogP contribution in [0.4, 0.5) is 17.6 Å². The first-order valence-corrected chi connectivity index (χ1v) is 14.6. The fourth-order valence-electron chi connectivity index (χ4n) is 5.20. The third-order valence-electron chi connectivity index (χ3n) is 7.24. The van der Waals surface area contributed by atoms with Gasteiger partial charge in [-0.15, -0.1) is 0 Å². The Morgan fingerprint density at radius 3 is 1.29 bits per heavy atom. The van der Waals surface area contributed by atoms with E-state index in [2.05, 4.69) is 16.4 Å². The maximum atomic E-state index is 12.6. The fraction of sp³-hybridized carbons (Fsp3) is 0.862. The molecule has 12 heteroatoms. The Kier molecular flexibility index (Phi) is 15.1. The maximum Gasteiger partial charge on any atom is 0.377 e. The van der Waals surface area contributed by atoms with E-state index in [4.69, 9.17) is 9.47 Å². The van der Waals surface area contributed by atoms with Gasteiger partial charge in [-0.25, -0.2) is 19.2 Å². The molecule has 2 aliphatic carbocycles. The van der Waals surface area contributed by atoms with Gasteiger partial charge in [-0.3, -0.25) is 0 Å². The quantitative estimate of drug-likeness (QED) is 0.129. The Morgan fingerprint density at radius 2 is 0.976 bits per heavy atom. The molecule has 0 radical (unpaired) electrons. The lowest BCUT2D eigenvalue weighted by atomic mass is 9.81. The van der Waals surface area contributed by atoms with Crippen LogP contribution in [0.2, 0.25) is 0 Å². The van der Waals surface area contributed by atoms with Gasteiger partial charge in [0.1, 0.15) is 11.2 Å². The molecule has 0 aromatic heterocycles. The van der Waals surface area contributed by atoms with E-state index in [1.54, 1.807) is 0 Å². The first kappa shape index (κ1) is 36.6. The van der Waals surface area contributed by atoms with Crippen LogP contribution < -0.4 is 0 Å². The van der Waals surface area contributed by atoms with Gasteiger partial charge in [0.05, 0.1) is 0 Å². The molecule has 0 spiro atoms. The first-order valence-electron chi connectivity index (χ1n) is 14.6. The van der Waals surface area contributed by atoms with Gasteiger partial charge in [0.2, 0.25) is 0 Å². The monoisotopic (exact) mass is 598 g/mol. The van der Waals surface area contributed by atoms with Gasteiger partial charge in [0.15, 0.2) is 13.2 Å². The average molecular weight is 599 g/mol. The zero-order valence-corrected chi connectivity index (χ0v) is 24.8. The zero-order chi connectivity index (χ0) is 31.2. The molecule has 2 aliphatic rings.